The average molecular weight is 323 g/mol. The Balaban J connectivity index is 2.50. The third-order valence-electron chi connectivity index (χ3n) is 2.70. The van der Waals surface area contributed by atoms with Crippen molar-refractivity contribution in [1.29, 1.82) is 0 Å². The normalized spacial score (nSPS) is 12.5. The van der Waals surface area contributed by atoms with Gasteiger partial charge in [0.15, 0.2) is 0 Å². The maximum absolute atomic E-state index is 13.9. The van der Waals surface area contributed by atoms with Gasteiger partial charge in [-0.1, -0.05) is 11.6 Å². The van der Waals surface area contributed by atoms with Crippen molar-refractivity contribution in [2.24, 2.45) is 0 Å². The highest BCUT2D eigenvalue weighted by atomic mass is 35.5. The molecule has 1 aromatic carbocycles. The summed E-state index contributed by atoms with van der Waals surface area (Å²) in [6.45, 7) is 1.81. The van der Waals surface area contributed by atoms with Gasteiger partial charge in [-0.25, -0.2) is 8.78 Å². The minimum Gasteiger partial charge on any atom is -0.497 e. The molecule has 1 nitrogen and oxygen atoms in total. The van der Waals surface area contributed by atoms with Gasteiger partial charge < -0.3 is 4.74 Å². The molecule has 1 atom stereocenters. The molecule has 0 bridgehead atoms. The molecule has 0 N–H and O–H groups in total. The van der Waals surface area contributed by atoms with Gasteiger partial charge >= 0.3 is 0 Å². The first kappa shape index (κ1) is 14.6. The molecule has 1 heterocycles. The molecule has 0 saturated carbocycles. The van der Waals surface area contributed by atoms with Crippen LogP contribution in [-0.4, -0.2) is 7.11 Å². The molecular weight excluding hydrogens is 313 g/mol. The first-order valence-electron chi connectivity index (χ1n) is 5.36. The minimum atomic E-state index is -0.961. The number of aryl methyl sites for hydroxylation is 1. The smallest absolute Gasteiger partial charge is 0.134 e. The van der Waals surface area contributed by atoms with Gasteiger partial charge in [-0.2, -0.15) is 0 Å². The first-order valence-corrected chi connectivity index (χ1v) is 7.05. The molecule has 0 radical (unpaired) electrons. The zero-order valence-corrected chi connectivity index (χ0v) is 12.5. The highest BCUT2D eigenvalue weighted by Gasteiger charge is 2.25. The van der Waals surface area contributed by atoms with Crippen molar-refractivity contribution in [2.75, 3.05) is 7.11 Å². The summed E-state index contributed by atoms with van der Waals surface area (Å²) in [5, 5.41) is 1.28. The molecule has 19 heavy (non-hydrogen) atoms. The molecule has 0 fully saturated rings. The number of alkyl halides is 1. The molecule has 0 aliphatic heterocycles. The van der Waals surface area contributed by atoms with Crippen molar-refractivity contribution in [3.63, 3.8) is 0 Å². The van der Waals surface area contributed by atoms with E-state index < -0.39 is 17.0 Å². The Labute approximate surface area is 123 Å². The second-order valence-electron chi connectivity index (χ2n) is 3.96. The standard InChI is InChI=1S/C13H10Cl2F2OS/c1-6-5-19-13(11(6)14)12(15)10-8(16)3-7(18-2)4-9(10)17/h3-5,12H,1-2H3. The maximum atomic E-state index is 13.9. The fourth-order valence-corrected chi connectivity index (χ4v) is 3.49. The van der Waals surface area contributed by atoms with Crippen LogP contribution in [0.15, 0.2) is 17.5 Å². The van der Waals surface area contributed by atoms with Gasteiger partial charge in [-0.05, 0) is 17.9 Å². The lowest BCUT2D eigenvalue weighted by molar-refractivity contribution is 0.405. The van der Waals surface area contributed by atoms with Gasteiger partial charge in [0.1, 0.15) is 17.4 Å². The van der Waals surface area contributed by atoms with E-state index >= 15 is 0 Å². The quantitative estimate of drug-likeness (QED) is 0.694. The van der Waals surface area contributed by atoms with Crippen LogP contribution in [0.2, 0.25) is 5.02 Å². The lowest BCUT2D eigenvalue weighted by Gasteiger charge is -2.12. The molecule has 0 spiro atoms. The summed E-state index contributed by atoms with van der Waals surface area (Å²) >= 11 is 13.5. The van der Waals surface area contributed by atoms with Crippen LogP contribution in [0.4, 0.5) is 8.78 Å². The Morgan fingerprint density at radius 2 is 1.84 bits per heavy atom. The minimum absolute atomic E-state index is 0.107. The topological polar surface area (TPSA) is 9.23 Å². The zero-order valence-electron chi connectivity index (χ0n) is 10.1. The molecule has 102 valence electrons. The number of hydrogen-bond donors (Lipinski definition) is 0. The Bertz CT molecular complexity index is 590. The van der Waals surface area contributed by atoms with E-state index in [4.69, 9.17) is 27.9 Å². The number of thiophene rings is 1. The van der Waals surface area contributed by atoms with Gasteiger partial charge in [0, 0.05) is 22.6 Å². The summed E-state index contributed by atoms with van der Waals surface area (Å²) < 4.78 is 32.7. The summed E-state index contributed by atoms with van der Waals surface area (Å²) in [5.41, 5.74) is 0.618. The van der Waals surface area contributed by atoms with E-state index in [2.05, 4.69) is 0 Å². The lowest BCUT2D eigenvalue weighted by atomic mass is 10.1. The number of rotatable bonds is 3. The van der Waals surface area contributed by atoms with Crippen LogP contribution >= 0.6 is 34.5 Å². The van der Waals surface area contributed by atoms with Crippen LogP contribution in [0, 0.1) is 18.6 Å². The number of hydrogen-bond acceptors (Lipinski definition) is 2. The monoisotopic (exact) mass is 322 g/mol. The van der Waals surface area contributed by atoms with Crippen molar-refractivity contribution < 1.29 is 13.5 Å². The summed E-state index contributed by atoms with van der Waals surface area (Å²) in [4.78, 5) is 0.531. The first-order chi connectivity index (χ1) is 8.95. The molecule has 0 aliphatic rings. The maximum Gasteiger partial charge on any atom is 0.134 e. The molecule has 0 saturated heterocycles. The predicted octanol–water partition coefficient (Wildman–Crippen LogP) is 5.32. The molecular formula is C13H10Cl2F2OS. The highest BCUT2D eigenvalue weighted by Crippen LogP contribution is 2.41. The summed E-state index contributed by atoms with van der Waals surface area (Å²) in [6, 6.07) is 2.20. The third kappa shape index (κ3) is 2.71. The van der Waals surface area contributed by atoms with Gasteiger partial charge in [-0.15, -0.1) is 22.9 Å². The Morgan fingerprint density at radius 3 is 2.26 bits per heavy atom. The van der Waals surface area contributed by atoms with Crippen molar-refractivity contribution in [3.8, 4) is 5.75 Å². The molecule has 2 aromatic rings. The Kier molecular flexibility index (Phi) is 4.33. The lowest BCUT2D eigenvalue weighted by Crippen LogP contribution is -2.01. The highest BCUT2D eigenvalue weighted by molar-refractivity contribution is 7.11. The molecule has 0 amide bonds. The van der Waals surface area contributed by atoms with Gasteiger partial charge in [0.25, 0.3) is 0 Å². The number of methoxy groups -OCH3 is 1. The molecule has 6 heteroatoms. The predicted molar refractivity (Wildman–Crippen MR) is 74.7 cm³/mol. The number of halogens is 4. The zero-order chi connectivity index (χ0) is 14.2. The SMILES string of the molecule is COc1cc(F)c(C(Cl)c2scc(C)c2Cl)c(F)c1. The van der Waals surface area contributed by atoms with E-state index in [1.807, 2.05) is 6.92 Å². The van der Waals surface area contributed by atoms with Crippen molar-refractivity contribution >= 4 is 34.5 Å². The summed E-state index contributed by atoms with van der Waals surface area (Å²) in [5.74, 6) is -1.39. The number of benzene rings is 1. The van der Waals surface area contributed by atoms with Gasteiger partial charge in [-0.3, -0.25) is 0 Å². The fraction of sp³-hybridized carbons (Fsp3) is 0.231. The molecule has 0 aliphatic carbocycles. The van der Waals surface area contributed by atoms with Gasteiger partial charge in [0.2, 0.25) is 0 Å². The Morgan fingerprint density at radius 1 is 1.26 bits per heavy atom. The van der Waals surface area contributed by atoms with Crippen LogP contribution in [0.25, 0.3) is 0 Å². The van der Waals surface area contributed by atoms with Gasteiger partial charge in [0.05, 0.1) is 17.5 Å². The van der Waals surface area contributed by atoms with E-state index in [0.717, 1.165) is 17.7 Å². The van der Waals surface area contributed by atoms with E-state index in [1.165, 1.54) is 18.4 Å². The fourth-order valence-electron chi connectivity index (χ4n) is 1.67. The van der Waals surface area contributed by atoms with Crippen LogP contribution in [-0.2, 0) is 0 Å². The average Bonchev–Trinajstić information content (AvgIpc) is 2.68. The summed E-state index contributed by atoms with van der Waals surface area (Å²) in [7, 11) is 1.34. The number of ether oxygens (including phenoxy) is 1. The Hall–Kier alpha value is -0.840. The largest absolute Gasteiger partial charge is 0.497 e. The molecule has 1 unspecified atom stereocenters. The van der Waals surface area contributed by atoms with E-state index in [9.17, 15) is 8.78 Å². The van der Waals surface area contributed by atoms with Crippen LogP contribution in [0.3, 0.4) is 0 Å². The third-order valence-corrected chi connectivity index (χ3v) is 5.04. The second kappa shape index (κ2) is 5.65. The van der Waals surface area contributed by atoms with Crippen LogP contribution in [0.5, 0.6) is 5.75 Å². The van der Waals surface area contributed by atoms with Crippen molar-refractivity contribution in [1.82, 2.24) is 0 Å². The van der Waals surface area contributed by atoms with E-state index in [1.54, 1.807) is 5.38 Å². The van der Waals surface area contributed by atoms with E-state index in [-0.39, 0.29) is 11.3 Å². The summed E-state index contributed by atoms with van der Waals surface area (Å²) in [6.07, 6.45) is 0. The molecule has 1 aromatic heterocycles. The van der Waals surface area contributed by atoms with E-state index in [0.29, 0.717) is 9.90 Å². The van der Waals surface area contributed by atoms with Crippen molar-refractivity contribution in [3.05, 3.63) is 50.2 Å². The van der Waals surface area contributed by atoms with Crippen LogP contribution in [0.1, 0.15) is 21.4 Å². The van der Waals surface area contributed by atoms with Crippen LogP contribution < -0.4 is 4.74 Å². The molecule has 2 rings (SSSR count). The second-order valence-corrected chi connectivity index (χ2v) is 5.69. The van der Waals surface area contributed by atoms with Crippen molar-refractivity contribution in [2.45, 2.75) is 12.3 Å².